The second kappa shape index (κ2) is 7.97. The predicted octanol–water partition coefficient (Wildman–Crippen LogP) is 2.69. The number of carboxylic acids is 1. The number of carboxylic acid groups (broad SMARTS) is 1. The molecule has 0 spiro atoms. The zero-order valence-corrected chi connectivity index (χ0v) is 13.3. The van der Waals surface area contributed by atoms with Gasteiger partial charge in [-0.05, 0) is 43.5 Å². The average molecular weight is 321 g/mol. The van der Waals surface area contributed by atoms with E-state index in [1.165, 1.54) is 0 Å². The van der Waals surface area contributed by atoms with Gasteiger partial charge in [-0.2, -0.15) is 0 Å². The van der Waals surface area contributed by atoms with Crippen LogP contribution in [-0.2, 0) is 14.3 Å². The third-order valence-electron chi connectivity index (χ3n) is 4.13. The summed E-state index contributed by atoms with van der Waals surface area (Å²) in [6, 6.07) is 7.09. The summed E-state index contributed by atoms with van der Waals surface area (Å²) in [4.78, 5) is 22.8. The van der Waals surface area contributed by atoms with Crippen LogP contribution in [0.1, 0.15) is 32.1 Å². The lowest BCUT2D eigenvalue weighted by atomic mass is 9.68. The van der Waals surface area contributed by atoms with Crippen LogP contribution in [0, 0.1) is 5.41 Å². The van der Waals surface area contributed by atoms with E-state index in [1.807, 2.05) is 0 Å². The van der Waals surface area contributed by atoms with Crippen molar-refractivity contribution in [3.8, 4) is 5.75 Å². The number of carbonyl (C=O) groups excluding carboxylic acids is 1. The van der Waals surface area contributed by atoms with E-state index in [0.29, 0.717) is 25.4 Å². The highest BCUT2D eigenvalue weighted by Crippen LogP contribution is 2.42. The first-order chi connectivity index (χ1) is 11.1. The molecule has 0 heterocycles. The molecule has 0 aromatic heterocycles. The molecule has 1 saturated carbocycles. The van der Waals surface area contributed by atoms with E-state index < -0.39 is 5.97 Å². The normalized spacial score (nSPS) is 15.5. The number of rotatable bonds is 9. The zero-order chi connectivity index (χ0) is 16.7. The van der Waals surface area contributed by atoms with Gasteiger partial charge >= 0.3 is 5.97 Å². The van der Waals surface area contributed by atoms with Crippen molar-refractivity contribution in [2.75, 3.05) is 25.6 Å². The molecule has 2 rings (SSSR count). The van der Waals surface area contributed by atoms with Crippen LogP contribution in [0.15, 0.2) is 24.3 Å². The first-order valence-corrected chi connectivity index (χ1v) is 7.81. The summed E-state index contributed by atoms with van der Waals surface area (Å²) in [7, 11) is 1.61. The summed E-state index contributed by atoms with van der Waals surface area (Å²) >= 11 is 0. The Balaban J connectivity index is 1.82. The fraction of sp³-hybridized carbons (Fsp3) is 0.529. The van der Waals surface area contributed by atoms with Gasteiger partial charge in [0, 0.05) is 19.2 Å². The SMILES string of the molecule is COCC1(C(=O)Nc2ccc(OCCCC(=O)O)cc2)CCC1. The van der Waals surface area contributed by atoms with Crippen LogP contribution in [0.25, 0.3) is 0 Å². The summed E-state index contributed by atoms with van der Waals surface area (Å²) in [5.74, 6) is -0.169. The molecule has 1 amide bonds. The number of ether oxygens (including phenoxy) is 2. The van der Waals surface area contributed by atoms with Crippen LogP contribution in [-0.4, -0.2) is 37.3 Å². The lowest BCUT2D eigenvalue weighted by Crippen LogP contribution is -2.45. The zero-order valence-electron chi connectivity index (χ0n) is 13.3. The van der Waals surface area contributed by atoms with Gasteiger partial charge in [0.05, 0.1) is 18.6 Å². The molecule has 0 unspecified atom stereocenters. The highest BCUT2D eigenvalue weighted by molar-refractivity contribution is 5.96. The van der Waals surface area contributed by atoms with E-state index in [9.17, 15) is 9.59 Å². The Labute approximate surface area is 135 Å². The summed E-state index contributed by atoms with van der Waals surface area (Å²) in [6.07, 6.45) is 3.33. The average Bonchev–Trinajstić information content (AvgIpc) is 2.48. The minimum Gasteiger partial charge on any atom is -0.494 e. The molecule has 1 fully saturated rings. The standard InChI is InChI=1S/C17H23NO5/c1-22-12-17(9-3-10-17)16(21)18-13-5-7-14(8-6-13)23-11-2-4-15(19)20/h5-8H,2-4,9-12H2,1H3,(H,18,21)(H,19,20). The molecule has 1 aliphatic carbocycles. The van der Waals surface area contributed by atoms with Gasteiger partial charge in [0.1, 0.15) is 5.75 Å². The lowest BCUT2D eigenvalue weighted by Gasteiger charge is -2.39. The van der Waals surface area contributed by atoms with Gasteiger partial charge in [0.15, 0.2) is 0 Å². The minimum absolute atomic E-state index is 0.000673. The second-order valence-electron chi connectivity index (χ2n) is 5.89. The van der Waals surface area contributed by atoms with Crippen LogP contribution in [0.5, 0.6) is 5.75 Å². The van der Waals surface area contributed by atoms with Gasteiger partial charge in [-0.15, -0.1) is 0 Å². The molecule has 0 aliphatic heterocycles. The number of carbonyl (C=O) groups is 2. The van der Waals surface area contributed by atoms with Gasteiger partial charge in [-0.25, -0.2) is 0 Å². The molecule has 23 heavy (non-hydrogen) atoms. The van der Waals surface area contributed by atoms with Crippen LogP contribution >= 0.6 is 0 Å². The van der Waals surface area contributed by atoms with E-state index >= 15 is 0 Å². The minimum atomic E-state index is -0.826. The topological polar surface area (TPSA) is 84.9 Å². The fourth-order valence-electron chi connectivity index (χ4n) is 2.63. The molecular formula is C17H23NO5. The summed E-state index contributed by atoms with van der Waals surface area (Å²) in [5.41, 5.74) is 0.330. The number of amides is 1. The van der Waals surface area contributed by atoms with Crippen molar-refractivity contribution in [3.05, 3.63) is 24.3 Å². The maximum absolute atomic E-state index is 12.4. The molecule has 1 aromatic rings. The first kappa shape index (κ1) is 17.3. The summed E-state index contributed by atoms with van der Waals surface area (Å²) in [6.45, 7) is 0.804. The van der Waals surface area contributed by atoms with Crippen molar-refractivity contribution < 1.29 is 24.2 Å². The molecule has 2 N–H and O–H groups in total. The maximum Gasteiger partial charge on any atom is 0.303 e. The van der Waals surface area contributed by atoms with Crippen molar-refractivity contribution in [1.82, 2.24) is 0 Å². The quantitative estimate of drug-likeness (QED) is 0.683. The Hall–Kier alpha value is -2.08. The Morgan fingerprint density at radius 2 is 1.96 bits per heavy atom. The van der Waals surface area contributed by atoms with Gasteiger partial charge in [0.2, 0.25) is 5.91 Å². The van der Waals surface area contributed by atoms with Crippen LogP contribution < -0.4 is 10.1 Å². The van der Waals surface area contributed by atoms with Crippen molar-refractivity contribution in [2.45, 2.75) is 32.1 Å². The third-order valence-corrected chi connectivity index (χ3v) is 4.13. The van der Waals surface area contributed by atoms with Gasteiger partial charge in [0.25, 0.3) is 0 Å². The molecule has 126 valence electrons. The molecule has 0 radical (unpaired) electrons. The predicted molar refractivity (Wildman–Crippen MR) is 85.6 cm³/mol. The number of nitrogens with one attached hydrogen (secondary N) is 1. The molecule has 1 aliphatic rings. The Morgan fingerprint density at radius 1 is 1.26 bits per heavy atom. The molecule has 0 saturated heterocycles. The Morgan fingerprint density at radius 3 is 2.48 bits per heavy atom. The molecule has 0 bridgehead atoms. The van der Waals surface area contributed by atoms with Gasteiger partial charge in [-0.1, -0.05) is 6.42 Å². The summed E-state index contributed by atoms with van der Waals surface area (Å²) < 4.78 is 10.6. The molecular weight excluding hydrogens is 298 g/mol. The number of methoxy groups -OCH3 is 1. The lowest BCUT2D eigenvalue weighted by molar-refractivity contribution is -0.137. The highest BCUT2D eigenvalue weighted by atomic mass is 16.5. The van der Waals surface area contributed by atoms with Crippen LogP contribution in [0.4, 0.5) is 5.69 Å². The van der Waals surface area contributed by atoms with E-state index in [2.05, 4.69) is 5.32 Å². The highest BCUT2D eigenvalue weighted by Gasteiger charge is 2.44. The van der Waals surface area contributed by atoms with Crippen molar-refractivity contribution in [2.24, 2.45) is 5.41 Å². The monoisotopic (exact) mass is 321 g/mol. The molecule has 6 heteroatoms. The second-order valence-corrected chi connectivity index (χ2v) is 5.89. The number of hydrogen-bond donors (Lipinski definition) is 2. The maximum atomic E-state index is 12.4. The largest absolute Gasteiger partial charge is 0.494 e. The molecule has 0 atom stereocenters. The molecule has 6 nitrogen and oxygen atoms in total. The number of aliphatic carboxylic acids is 1. The van der Waals surface area contributed by atoms with Crippen LogP contribution in [0.2, 0.25) is 0 Å². The van der Waals surface area contributed by atoms with E-state index in [4.69, 9.17) is 14.6 Å². The first-order valence-electron chi connectivity index (χ1n) is 7.81. The van der Waals surface area contributed by atoms with E-state index in [-0.39, 0.29) is 17.7 Å². The van der Waals surface area contributed by atoms with E-state index in [1.54, 1.807) is 31.4 Å². The number of hydrogen-bond acceptors (Lipinski definition) is 4. The van der Waals surface area contributed by atoms with Gasteiger partial charge < -0.3 is 19.9 Å². The van der Waals surface area contributed by atoms with Crippen LogP contribution in [0.3, 0.4) is 0 Å². The third kappa shape index (κ3) is 4.69. The van der Waals surface area contributed by atoms with E-state index in [0.717, 1.165) is 24.9 Å². The Kier molecular flexibility index (Phi) is 5.98. The summed E-state index contributed by atoms with van der Waals surface area (Å²) in [5, 5.41) is 11.5. The number of benzene rings is 1. The smallest absolute Gasteiger partial charge is 0.303 e. The fourth-order valence-corrected chi connectivity index (χ4v) is 2.63. The Bertz CT molecular complexity index is 536. The van der Waals surface area contributed by atoms with Crippen molar-refractivity contribution in [3.63, 3.8) is 0 Å². The van der Waals surface area contributed by atoms with Crippen molar-refractivity contribution >= 4 is 17.6 Å². The van der Waals surface area contributed by atoms with Crippen molar-refractivity contribution in [1.29, 1.82) is 0 Å². The number of anilines is 1. The molecule has 1 aromatic carbocycles. The van der Waals surface area contributed by atoms with Gasteiger partial charge in [-0.3, -0.25) is 9.59 Å².